The maximum atomic E-state index is 13.0. The van der Waals surface area contributed by atoms with E-state index in [1.54, 1.807) is 49.5 Å². The van der Waals surface area contributed by atoms with Crippen LogP contribution in [-0.2, 0) is 16.2 Å². The lowest BCUT2D eigenvalue weighted by atomic mass is 10.1. The van der Waals surface area contributed by atoms with Crippen molar-refractivity contribution < 1.29 is 19.1 Å². The number of piperazine rings is 1. The highest BCUT2D eigenvalue weighted by molar-refractivity contribution is 6.38. The van der Waals surface area contributed by atoms with Crippen LogP contribution in [0.4, 0.5) is 5.69 Å². The maximum absolute atomic E-state index is 13.0. The molecule has 1 aromatic heterocycles. The number of likely N-dealkylation sites (N-methyl/N-ethyl adjacent to an activating group) is 2. The number of pyridine rings is 1. The highest BCUT2D eigenvalue weighted by atomic mass is 35.5. The predicted molar refractivity (Wildman–Crippen MR) is 183 cm³/mol. The molecule has 9 nitrogen and oxygen atoms in total. The number of ether oxygens (including phenoxy) is 1. The van der Waals surface area contributed by atoms with Crippen LogP contribution in [0.25, 0.3) is 17.0 Å². The Morgan fingerprint density at radius 2 is 1.72 bits per heavy atom. The quantitative estimate of drug-likeness (QED) is 0.235. The Balaban J connectivity index is 1.16. The molecule has 0 bridgehead atoms. The molecule has 3 aromatic carbocycles. The predicted octanol–water partition coefficient (Wildman–Crippen LogP) is 5.61. The molecular formula is C35H35Cl2N5O4. The molecule has 0 saturated carbocycles. The molecule has 46 heavy (non-hydrogen) atoms. The molecule has 0 radical (unpaired) electrons. The summed E-state index contributed by atoms with van der Waals surface area (Å²) in [7, 11) is 3.62. The molecule has 0 aliphatic carbocycles. The van der Waals surface area contributed by atoms with Crippen LogP contribution < -0.4 is 15.0 Å². The van der Waals surface area contributed by atoms with Crippen LogP contribution in [0.5, 0.6) is 5.75 Å². The van der Waals surface area contributed by atoms with Crippen molar-refractivity contribution in [3.63, 3.8) is 0 Å². The Kier molecular flexibility index (Phi) is 10.6. The summed E-state index contributed by atoms with van der Waals surface area (Å²) in [6, 6.07) is 20.0. The summed E-state index contributed by atoms with van der Waals surface area (Å²) >= 11 is 13.2. The summed E-state index contributed by atoms with van der Waals surface area (Å²) in [5, 5.41) is 4.23. The van der Waals surface area contributed by atoms with E-state index in [1.807, 2.05) is 49.2 Å². The molecule has 1 aliphatic rings. The molecule has 1 fully saturated rings. The van der Waals surface area contributed by atoms with E-state index in [2.05, 4.69) is 15.2 Å². The summed E-state index contributed by atoms with van der Waals surface area (Å²) < 4.78 is 6.09. The summed E-state index contributed by atoms with van der Waals surface area (Å²) in [5.74, 6) is -0.219. The van der Waals surface area contributed by atoms with Crippen molar-refractivity contribution in [3.8, 4) is 5.75 Å². The number of carbonyl (C=O) groups excluding carboxylic acids is 3. The number of aryl methyl sites for hydroxylation is 1. The van der Waals surface area contributed by atoms with E-state index < -0.39 is 5.91 Å². The third-order valence-electron chi connectivity index (χ3n) is 7.88. The monoisotopic (exact) mass is 659 g/mol. The number of anilines is 1. The lowest BCUT2D eigenvalue weighted by molar-refractivity contribution is -0.122. The Bertz CT molecular complexity index is 1790. The van der Waals surface area contributed by atoms with E-state index in [1.165, 1.54) is 11.0 Å². The maximum Gasteiger partial charge on any atom is 0.253 e. The van der Waals surface area contributed by atoms with Gasteiger partial charge in [-0.25, -0.2) is 4.98 Å². The van der Waals surface area contributed by atoms with Crippen LogP contribution in [0, 0.1) is 6.92 Å². The van der Waals surface area contributed by atoms with E-state index in [4.69, 9.17) is 27.9 Å². The molecule has 0 atom stereocenters. The highest BCUT2D eigenvalue weighted by Crippen LogP contribution is 2.35. The van der Waals surface area contributed by atoms with Crippen molar-refractivity contribution in [2.24, 2.45) is 0 Å². The van der Waals surface area contributed by atoms with Gasteiger partial charge in [0.1, 0.15) is 17.9 Å². The number of hydrogen-bond donors (Lipinski definition) is 1. The molecule has 1 saturated heterocycles. The molecule has 2 heterocycles. The van der Waals surface area contributed by atoms with E-state index in [0.29, 0.717) is 40.7 Å². The molecule has 3 amide bonds. The van der Waals surface area contributed by atoms with E-state index in [9.17, 15) is 14.4 Å². The van der Waals surface area contributed by atoms with E-state index in [-0.39, 0.29) is 30.0 Å². The molecule has 5 rings (SSSR count). The van der Waals surface area contributed by atoms with Gasteiger partial charge in [0.2, 0.25) is 11.8 Å². The number of nitrogens with zero attached hydrogens (tertiary/aromatic N) is 4. The van der Waals surface area contributed by atoms with Crippen molar-refractivity contribution in [2.75, 3.05) is 51.7 Å². The van der Waals surface area contributed by atoms with E-state index >= 15 is 0 Å². The second kappa shape index (κ2) is 14.8. The number of amides is 3. The number of hydrogen-bond acceptors (Lipinski definition) is 6. The number of para-hydroxylation sites is 1. The fourth-order valence-electron chi connectivity index (χ4n) is 5.04. The lowest BCUT2D eigenvalue weighted by Crippen LogP contribution is -2.47. The molecule has 1 N–H and O–H groups in total. The SMILES string of the molecule is Cc1ccc2cccc(OCc3c(Cl)ccc(N(C)C(=O)CNC(=O)C=Cc4ccc(C(=O)N5CCN(C)CC5)cc4)c3Cl)c2n1. The minimum atomic E-state index is -0.436. The molecular weight excluding hydrogens is 625 g/mol. The molecule has 238 valence electrons. The summed E-state index contributed by atoms with van der Waals surface area (Å²) in [6.07, 6.45) is 2.97. The highest BCUT2D eigenvalue weighted by Gasteiger charge is 2.21. The first-order valence-corrected chi connectivity index (χ1v) is 15.6. The van der Waals surface area contributed by atoms with Gasteiger partial charge in [-0.3, -0.25) is 14.4 Å². The standard InChI is InChI=1S/C35H35Cl2N5O4/c1-23-7-11-25-5-4-6-30(34(25)39-23)46-22-27-28(36)14-15-29(33(27)37)41(3)32(44)21-38-31(43)16-10-24-8-12-26(13-9-24)35(45)42-19-17-40(2)18-20-42/h4-16H,17-22H2,1-3H3,(H,38,43). The average molecular weight is 661 g/mol. The van der Waals surface area contributed by atoms with Crippen molar-refractivity contribution in [2.45, 2.75) is 13.5 Å². The molecule has 1 aliphatic heterocycles. The summed E-state index contributed by atoms with van der Waals surface area (Å²) in [5.41, 5.74) is 3.91. The Morgan fingerprint density at radius 3 is 2.46 bits per heavy atom. The lowest BCUT2D eigenvalue weighted by Gasteiger charge is -2.32. The van der Waals surface area contributed by atoms with Crippen molar-refractivity contribution >= 4 is 63.6 Å². The van der Waals surface area contributed by atoms with E-state index in [0.717, 1.165) is 35.2 Å². The number of nitrogens with one attached hydrogen (secondary N) is 1. The van der Waals surface area contributed by atoms with Gasteiger partial charge in [-0.05, 0) is 62.0 Å². The van der Waals surface area contributed by atoms with Gasteiger partial charge in [-0.15, -0.1) is 0 Å². The Hall–Kier alpha value is -4.44. The average Bonchev–Trinajstić information content (AvgIpc) is 3.06. The van der Waals surface area contributed by atoms with Crippen LogP contribution in [0.15, 0.2) is 72.8 Å². The number of fused-ring (bicyclic) bond motifs is 1. The second-order valence-electron chi connectivity index (χ2n) is 11.1. The minimum Gasteiger partial charge on any atom is -0.487 e. The first-order chi connectivity index (χ1) is 22.1. The number of benzene rings is 3. The second-order valence-corrected chi connectivity index (χ2v) is 11.9. The first-order valence-electron chi connectivity index (χ1n) is 14.9. The third-order valence-corrected chi connectivity index (χ3v) is 8.66. The van der Waals surface area contributed by atoms with Gasteiger partial charge in [0.15, 0.2) is 0 Å². The van der Waals surface area contributed by atoms with Crippen molar-refractivity contribution in [1.29, 1.82) is 0 Å². The number of halogens is 2. The Labute approximate surface area is 278 Å². The molecule has 11 heteroatoms. The smallest absolute Gasteiger partial charge is 0.253 e. The summed E-state index contributed by atoms with van der Waals surface area (Å²) in [6.45, 7) is 4.85. The van der Waals surface area contributed by atoms with Crippen LogP contribution >= 0.6 is 23.2 Å². The normalized spacial score (nSPS) is 13.6. The third kappa shape index (κ3) is 7.85. The van der Waals surface area contributed by atoms with Crippen molar-refractivity contribution in [1.82, 2.24) is 20.1 Å². The Morgan fingerprint density at radius 1 is 0.978 bits per heavy atom. The zero-order valence-electron chi connectivity index (χ0n) is 25.9. The van der Waals surface area contributed by atoms with Gasteiger partial charge in [0.25, 0.3) is 5.91 Å². The van der Waals surface area contributed by atoms with Gasteiger partial charge in [0, 0.05) is 66.5 Å². The first kappa shape index (κ1) is 32.9. The number of rotatable bonds is 9. The summed E-state index contributed by atoms with van der Waals surface area (Å²) in [4.78, 5) is 48.2. The van der Waals surface area contributed by atoms with Crippen LogP contribution in [0.3, 0.4) is 0 Å². The van der Waals surface area contributed by atoms with Gasteiger partial charge in [-0.2, -0.15) is 0 Å². The molecule has 0 unspecified atom stereocenters. The molecule has 0 spiro atoms. The fourth-order valence-corrected chi connectivity index (χ4v) is 5.64. The van der Waals surface area contributed by atoms with Crippen LogP contribution in [-0.4, -0.2) is 79.3 Å². The van der Waals surface area contributed by atoms with Gasteiger partial charge >= 0.3 is 0 Å². The van der Waals surface area contributed by atoms with Gasteiger partial charge in [-0.1, -0.05) is 53.5 Å². The molecule has 4 aromatic rings. The minimum absolute atomic E-state index is 0.00151. The van der Waals surface area contributed by atoms with Crippen LogP contribution in [0.1, 0.15) is 27.2 Å². The zero-order chi connectivity index (χ0) is 32.8. The number of carbonyl (C=O) groups is 3. The van der Waals surface area contributed by atoms with Crippen LogP contribution in [0.2, 0.25) is 10.0 Å². The fraction of sp³-hybridized carbons (Fsp3) is 0.257. The largest absolute Gasteiger partial charge is 0.487 e. The zero-order valence-corrected chi connectivity index (χ0v) is 27.4. The number of aromatic nitrogens is 1. The van der Waals surface area contributed by atoms with Gasteiger partial charge in [0.05, 0.1) is 17.3 Å². The van der Waals surface area contributed by atoms with Gasteiger partial charge < -0.3 is 24.8 Å². The topological polar surface area (TPSA) is 95.1 Å². The van der Waals surface area contributed by atoms with Crippen molar-refractivity contribution in [3.05, 3.63) is 105 Å².